The second-order valence-electron chi connectivity index (χ2n) is 3.83. The van der Waals surface area contributed by atoms with Crippen molar-refractivity contribution in [3.63, 3.8) is 0 Å². The molecule has 0 N–H and O–H groups in total. The number of carbonyl (C=O) groups excluding carboxylic acids is 1. The first-order chi connectivity index (χ1) is 9.13. The molecule has 1 unspecified atom stereocenters. The third-order valence-corrected chi connectivity index (χ3v) is 3.55. The highest BCUT2D eigenvalue weighted by molar-refractivity contribution is 8.00. The maximum atomic E-state index is 13.5. The standard InChI is InChI=1S/C12H13FN4OS/c1-3-17-11(9-4-6-14-7-5-9)15-16-12(17)19-10(13)8(2)18/h4-7,10H,3H2,1-2H3. The van der Waals surface area contributed by atoms with Crippen molar-refractivity contribution in [3.8, 4) is 11.4 Å². The van der Waals surface area contributed by atoms with Crippen LogP contribution in [0, 0.1) is 0 Å². The van der Waals surface area contributed by atoms with Gasteiger partial charge in [-0.3, -0.25) is 9.78 Å². The zero-order valence-electron chi connectivity index (χ0n) is 10.6. The number of ketones is 1. The van der Waals surface area contributed by atoms with E-state index in [1.807, 2.05) is 19.1 Å². The highest BCUT2D eigenvalue weighted by Crippen LogP contribution is 2.27. The Labute approximate surface area is 114 Å². The number of hydrogen-bond donors (Lipinski definition) is 0. The fraction of sp³-hybridized carbons (Fsp3) is 0.333. The molecule has 0 saturated heterocycles. The van der Waals surface area contributed by atoms with E-state index in [0.717, 1.165) is 17.3 Å². The Balaban J connectivity index is 2.33. The van der Waals surface area contributed by atoms with Crippen molar-refractivity contribution in [2.75, 3.05) is 0 Å². The third-order valence-electron chi connectivity index (χ3n) is 2.50. The lowest BCUT2D eigenvalue weighted by molar-refractivity contribution is -0.118. The summed E-state index contributed by atoms with van der Waals surface area (Å²) in [6, 6.07) is 3.62. The van der Waals surface area contributed by atoms with E-state index in [1.54, 1.807) is 17.0 Å². The minimum absolute atomic E-state index is 0.400. The van der Waals surface area contributed by atoms with Crippen LogP contribution < -0.4 is 0 Å². The van der Waals surface area contributed by atoms with Gasteiger partial charge in [0.2, 0.25) is 5.50 Å². The lowest BCUT2D eigenvalue weighted by Crippen LogP contribution is -2.09. The average molecular weight is 280 g/mol. The predicted octanol–water partition coefficient (Wildman–Crippen LogP) is 2.34. The molecule has 100 valence electrons. The zero-order chi connectivity index (χ0) is 13.8. The van der Waals surface area contributed by atoms with E-state index in [4.69, 9.17) is 0 Å². The number of hydrogen-bond acceptors (Lipinski definition) is 5. The molecule has 7 heteroatoms. The molecular weight excluding hydrogens is 267 g/mol. The van der Waals surface area contributed by atoms with Crippen molar-refractivity contribution < 1.29 is 9.18 Å². The fourth-order valence-electron chi connectivity index (χ4n) is 1.55. The number of halogens is 1. The van der Waals surface area contributed by atoms with Gasteiger partial charge in [0.05, 0.1) is 0 Å². The SMILES string of the molecule is CCn1c(SC(F)C(C)=O)nnc1-c1ccncc1. The largest absolute Gasteiger partial charge is 0.302 e. The van der Waals surface area contributed by atoms with E-state index >= 15 is 0 Å². The smallest absolute Gasteiger partial charge is 0.210 e. The Morgan fingerprint density at radius 2 is 2.11 bits per heavy atom. The van der Waals surface area contributed by atoms with Crippen molar-refractivity contribution >= 4 is 17.5 Å². The molecule has 0 aliphatic carbocycles. The van der Waals surface area contributed by atoms with Crippen LogP contribution in [-0.4, -0.2) is 31.0 Å². The molecule has 0 radical (unpaired) electrons. The van der Waals surface area contributed by atoms with Crippen molar-refractivity contribution in [3.05, 3.63) is 24.5 Å². The molecule has 0 fully saturated rings. The number of Topliss-reactive ketones (excluding diaryl/α,β-unsaturated/α-hetero) is 1. The van der Waals surface area contributed by atoms with Gasteiger partial charge in [-0.05, 0) is 37.7 Å². The molecule has 0 amide bonds. The summed E-state index contributed by atoms with van der Waals surface area (Å²) < 4.78 is 15.2. The Morgan fingerprint density at radius 3 is 2.68 bits per heavy atom. The topological polar surface area (TPSA) is 60.7 Å². The quantitative estimate of drug-likeness (QED) is 0.787. The van der Waals surface area contributed by atoms with Crippen LogP contribution in [0.4, 0.5) is 4.39 Å². The molecule has 0 bridgehead atoms. The maximum Gasteiger partial charge on any atom is 0.210 e. The van der Waals surface area contributed by atoms with Gasteiger partial charge in [0.15, 0.2) is 16.8 Å². The van der Waals surface area contributed by atoms with Gasteiger partial charge in [0, 0.05) is 24.5 Å². The molecule has 19 heavy (non-hydrogen) atoms. The summed E-state index contributed by atoms with van der Waals surface area (Å²) in [4.78, 5) is 14.9. The van der Waals surface area contributed by atoms with Crippen molar-refractivity contribution in [2.45, 2.75) is 31.1 Å². The van der Waals surface area contributed by atoms with Crippen LogP contribution in [0.2, 0.25) is 0 Å². The number of rotatable bonds is 5. The Hall–Kier alpha value is -1.76. The molecule has 2 heterocycles. The van der Waals surface area contributed by atoms with Crippen LogP contribution >= 0.6 is 11.8 Å². The molecule has 0 aliphatic rings. The highest BCUT2D eigenvalue weighted by Gasteiger charge is 2.20. The summed E-state index contributed by atoms with van der Waals surface area (Å²) in [6.07, 6.45) is 3.31. The average Bonchev–Trinajstić information content (AvgIpc) is 2.82. The van der Waals surface area contributed by atoms with Crippen molar-refractivity contribution in [1.29, 1.82) is 0 Å². The number of pyridine rings is 1. The minimum Gasteiger partial charge on any atom is -0.302 e. The molecule has 2 aromatic heterocycles. The van der Waals surface area contributed by atoms with E-state index in [1.165, 1.54) is 6.92 Å². The van der Waals surface area contributed by atoms with Crippen molar-refractivity contribution in [2.24, 2.45) is 0 Å². The predicted molar refractivity (Wildman–Crippen MR) is 70.4 cm³/mol. The molecule has 0 aliphatic heterocycles. The normalized spacial score (nSPS) is 12.4. The number of aromatic nitrogens is 4. The van der Waals surface area contributed by atoms with Crippen molar-refractivity contribution in [1.82, 2.24) is 19.7 Å². The number of alkyl halides is 1. The third kappa shape index (κ3) is 2.98. The molecule has 2 aromatic rings. The van der Waals surface area contributed by atoms with Gasteiger partial charge in [0.1, 0.15) is 0 Å². The second-order valence-corrected chi connectivity index (χ2v) is 4.85. The van der Waals surface area contributed by atoms with E-state index < -0.39 is 11.3 Å². The first-order valence-electron chi connectivity index (χ1n) is 5.78. The Morgan fingerprint density at radius 1 is 1.42 bits per heavy atom. The zero-order valence-corrected chi connectivity index (χ0v) is 11.4. The van der Waals surface area contributed by atoms with Gasteiger partial charge < -0.3 is 4.57 Å². The fourth-order valence-corrected chi connectivity index (χ4v) is 2.33. The monoisotopic (exact) mass is 280 g/mol. The van der Waals surface area contributed by atoms with E-state index in [2.05, 4.69) is 15.2 Å². The van der Waals surface area contributed by atoms with E-state index in [9.17, 15) is 9.18 Å². The summed E-state index contributed by atoms with van der Waals surface area (Å²) in [5.41, 5.74) is -0.755. The van der Waals surface area contributed by atoms with Crippen LogP contribution in [0.25, 0.3) is 11.4 Å². The molecule has 5 nitrogen and oxygen atoms in total. The molecular formula is C12H13FN4OS. The summed E-state index contributed by atoms with van der Waals surface area (Å²) in [7, 11) is 0. The Kier molecular flexibility index (Phi) is 4.26. The van der Waals surface area contributed by atoms with Gasteiger partial charge >= 0.3 is 0 Å². The Bertz CT molecular complexity index is 572. The summed E-state index contributed by atoms with van der Waals surface area (Å²) in [5, 5.41) is 8.41. The summed E-state index contributed by atoms with van der Waals surface area (Å²) in [6.45, 7) is 3.73. The molecule has 2 rings (SSSR count). The number of nitrogens with zero attached hydrogens (tertiary/aromatic N) is 4. The molecule has 0 aromatic carbocycles. The highest BCUT2D eigenvalue weighted by atomic mass is 32.2. The van der Waals surface area contributed by atoms with Gasteiger partial charge in [-0.15, -0.1) is 10.2 Å². The lowest BCUT2D eigenvalue weighted by atomic mass is 10.2. The number of thioether (sulfide) groups is 1. The minimum atomic E-state index is -1.61. The summed E-state index contributed by atoms with van der Waals surface area (Å²) >= 11 is 0.776. The first kappa shape index (κ1) is 13.7. The van der Waals surface area contributed by atoms with Crippen LogP contribution in [0.15, 0.2) is 29.7 Å². The molecule has 0 spiro atoms. The van der Waals surface area contributed by atoms with Crippen LogP contribution in [-0.2, 0) is 11.3 Å². The lowest BCUT2D eigenvalue weighted by Gasteiger charge is -2.07. The summed E-state index contributed by atoms with van der Waals surface area (Å²) in [5.74, 6) is 0.115. The maximum absolute atomic E-state index is 13.5. The second kappa shape index (κ2) is 5.92. The molecule has 1 atom stereocenters. The van der Waals surface area contributed by atoms with Gasteiger partial charge in [-0.1, -0.05) is 0 Å². The number of carbonyl (C=O) groups is 1. The van der Waals surface area contributed by atoms with Crippen LogP contribution in [0.3, 0.4) is 0 Å². The molecule has 0 saturated carbocycles. The van der Waals surface area contributed by atoms with Gasteiger partial charge in [-0.25, -0.2) is 4.39 Å². The first-order valence-corrected chi connectivity index (χ1v) is 6.66. The van der Waals surface area contributed by atoms with Gasteiger partial charge in [-0.2, -0.15) is 0 Å². The van der Waals surface area contributed by atoms with E-state index in [-0.39, 0.29) is 0 Å². The van der Waals surface area contributed by atoms with E-state index in [0.29, 0.717) is 17.5 Å². The van der Waals surface area contributed by atoms with Crippen LogP contribution in [0.5, 0.6) is 0 Å². The van der Waals surface area contributed by atoms with Crippen LogP contribution in [0.1, 0.15) is 13.8 Å². The van der Waals surface area contributed by atoms with Gasteiger partial charge in [0.25, 0.3) is 0 Å².